The van der Waals surface area contributed by atoms with Crippen LogP contribution in [0.25, 0.3) is 0 Å². The van der Waals surface area contributed by atoms with E-state index in [2.05, 4.69) is 15.5 Å². The van der Waals surface area contributed by atoms with Gasteiger partial charge in [-0.1, -0.05) is 23.4 Å². The molecule has 30 heavy (non-hydrogen) atoms. The average molecular weight is 417 g/mol. The van der Waals surface area contributed by atoms with Crippen LogP contribution >= 0.6 is 0 Å². The lowest BCUT2D eigenvalue weighted by Crippen LogP contribution is -2.62. The number of para-hydroxylation sites is 1. The Hall–Kier alpha value is -3.43. The van der Waals surface area contributed by atoms with Gasteiger partial charge in [0.15, 0.2) is 5.82 Å². The summed E-state index contributed by atoms with van der Waals surface area (Å²) in [5.74, 6) is 0.629. The van der Waals surface area contributed by atoms with Crippen LogP contribution in [-0.2, 0) is 20.8 Å². The van der Waals surface area contributed by atoms with Gasteiger partial charge >= 0.3 is 0 Å². The Morgan fingerprint density at radius 2 is 2.00 bits per heavy atom. The highest BCUT2D eigenvalue weighted by Gasteiger charge is 2.44. The molecule has 0 aliphatic carbocycles. The van der Waals surface area contributed by atoms with Gasteiger partial charge in [0.05, 0.1) is 6.54 Å². The fourth-order valence-corrected chi connectivity index (χ4v) is 3.48. The van der Waals surface area contributed by atoms with E-state index < -0.39 is 5.54 Å². The number of carbonyl (C=O) groups is 3. The van der Waals surface area contributed by atoms with Crippen molar-refractivity contribution in [3.8, 4) is 0 Å². The predicted molar refractivity (Wildman–Crippen MR) is 109 cm³/mol. The number of carbonyl (C=O) groups excluding carboxylic acids is 2. The highest BCUT2D eigenvalue weighted by molar-refractivity contribution is 5.91. The zero-order valence-corrected chi connectivity index (χ0v) is 17.4. The lowest BCUT2D eigenvalue weighted by molar-refractivity contribution is -0.139. The third-order valence-corrected chi connectivity index (χ3v) is 4.69. The number of anilines is 1. The number of likely N-dealkylation sites (tertiary alicyclic amines) is 1. The molecule has 1 aromatic carbocycles. The van der Waals surface area contributed by atoms with E-state index in [4.69, 9.17) is 14.4 Å². The fourth-order valence-electron chi connectivity index (χ4n) is 3.48. The summed E-state index contributed by atoms with van der Waals surface area (Å²) in [7, 11) is 3.47. The van der Waals surface area contributed by atoms with Crippen LogP contribution in [0.1, 0.15) is 24.6 Å². The fraction of sp³-hybridized carbons (Fsp3) is 0.450. The number of likely N-dealkylation sites (N-methyl/N-ethyl adjacent to an activating group) is 1. The molecule has 1 atom stereocenters. The molecule has 1 aliphatic heterocycles. The summed E-state index contributed by atoms with van der Waals surface area (Å²) in [6.45, 7) is 2.36. The van der Waals surface area contributed by atoms with Gasteiger partial charge in [-0.15, -0.1) is 0 Å². The Morgan fingerprint density at radius 1 is 1.33 bits per heavy atom. The number of hydrogen-bond acceptors (Lipinski definition) is 7. The molecule has 2 heterocycles. The largest absolute Gasteiger partial charge is 0.483 e. The number of rotatable bonds is 5. The van der Waals surface area contributed by atoms with Crippen LogP contribution in [0.4, 0.5) is 5.69 Å². The lowest BCUT2D eigenvalue weighted by atomic mass is 9.86. The second-order valence-corrected chi connectivity index (χ2v) is 7.21. The smallest absolute Gasteiger partial charge is 0.290 e. The molecule has 0 spiro atoms. The highest BCUT2D eigenvalue weighted by Crippen LogP contribution is 2.28. The first-order chi connectivity index (χ1) is 14.3. The van der Waals surface area contributed by atoms with E-state index in [1.54, 1.807) is 30.8 Å². The zero-order chi connectivity index (χ0) is 22.1. The minimum absolute atomic E-state index is 0.0401. The average Bonchev–Trinajstić information content (AvgIpc) is 3.13. The third kappa shape index (κ3) is 5.79. The van der Waals surface area contributed by atoms with E-state index in [1.807, 2.05) is 30.3 Å². The maximum atomic E-state index is 13.0. The Labute approximate surface area is 174 Å². The second kappa shape index (κ2) is 10.4. The highest BCUT2D eigenvalue weighted by atomic mass is 16.5. The summed E-state index contributed by atoms with van der Waals surface area (Å²) >= 11 is 0. The van der Waals surface area contributed by atoms with E-state index in [1.165, 1.54) is 0 Å². The van der Waals surface area contributed by atoms with Gasteiger partial charge in [0.2, 0.25) is 17.7 Å². The molecule has 1 aliphatic rings. The number of nitrogens with one attached hydrogen (secondary N) is 1. The van der Waals surface area contributed by atoms with Crippen molar-refractivity contribution < 1.29 is 24.0 Å². The predicted octanol–water partition coefficient (Wildman–Crippen LogP) is 1.18. The Bertz CT molecular complexity index is 854. The topological polar surface area (TPSA) is 129 Å². The van der Waals surface area contributed by atoms with Gasteiger partial charge < -0.3 is 24.7 Å². The summed E-state index contributed by atoms with van der Waals surface area (Å²) < 4.78 is 5.06. The Morgan fingerprint density at radius 3 is 2.57 bits per heavy atom. The van der Waals surface area contributed by atoms with Crippen molar-refractivity contribution in [2.75, 3.05) is 32.5 Å². The summed E-state index contributed by atoms with van der Waals surface area (Å²) in [4.78, 5) is 41.5. The van der Waals surface area contributed by atoms with Crippen molar-refractivity contribution >= 4 is 24.0 Å². The minimum Gasteiger partial charge on any atom is -0.483 e. The van der Waals surface area contributed by atoms with Crippen LogP contribution in [-0.4, -0.2) is 76.1 Å². The van der Waals surface area contributed by atoms with Crippen LogP contribution in [0.2, 0.25) is 0 Å². The minimum atomic E-state index is -0.858. The number of benzene rings is 1. The number of aromatic nitrogens is 2. The van der Waals surface area contributed by atoms with Gasteiger partial charge in [0.25, 0.3) is 6.47 Å². The summed E-state index contributed by atoms with van der Waals surface area (Å²) in [5.41, 5.74) is -0.00157. The van der Waals surface area contributed by atoms with Gasteiger partial charge in [-0.2, -0.15) is 4.98 Å². The van der Waals surface area contributed by atoms with Crippen LogP contribution in [0, 0.1) is 6.92 Å². The molecule has 1 saturated heterocycles. The van der Waals surface area contributed by atoms with Crippen molar-refractivity contribution in [2.45, 2.75) is 31.7 Å². The summed E-state index contributed by atoms with van der Waals surface area (Å²) in [5, 5.41) is 14.0. The first-order valence-corrected chi connectivity index (χ1v) is 9.51. The van der Waals surface area contributed by atoms with Crippen LogP contribution in [0.5, 0.6) is 0 Å². The molecule has 0 saturated carbocycles. The molecule has 162 valence electrons. The number of carboxylic acid groups (broad SMARTS) is 1. The first kappa shape index (κ1) is 22.9. The van der Waals surface area contributed by atoms with Crippen molar-refractivity contribution in [3.63, 3.8) is 0 Å². The van der Waals surface area contributed by atoms with Crippen molar-refractivity contribution in [2.24, 2.45) is 0 Å². The second-order valence-electron chi connectivity index (χ2n) is 7.21. The number of piperidine rings is 1. The quantitative estimate of drug-likeness (QED) is 0.694. The Kier molecular flexibility index (Phi) is 7.90. The van der Waals surface area contributed by atoms with Crippen LogP contribution in [0.15, 0.2) is 34.9 Å². The summed E-state index contributed by atoms with van der Waals surface area (Å²) in [6, 6.07) is 9.60. The molecular formula is C20H27N5O5. The zero-order valence-electron chi connectivity index (χ0n) is 17.4. The van der Waals surface area contributed by atoms with Crippen LogP contribution in [0.3, 0.4) is 0 Å². The van der Waals surface area contributed by atoms with E-state index in [-0.39, 0.29) is 24.7 Å². The normalized spacial score (nSPS) is 18.0. The maximum absolute atomic E-state index is 13.0. The monoisotopic (exact) mass is 417 g/mol. The van der Waals surface area contributed by atoms with Gasteiger partial charge in [-0.25, -0.2) is 0 Å². The number of amides is 2. The molecule has 10 heteroatoms. The molecule has 2 amide bonds. The summed E-state index contributed by atoms with van der Waals surface area (Å²) in [6.07, 6.45) is 1.43. The number of hydrogen-bond donors (Lipinski definition) is 2. The molecule has 1 unspecified atom stereocenters. The molecule has 3 rings (SSSR count). The molecule has 1 aromatic heterocycles. The molecule has 2 N–H and O–H groups in total. The van der Waals surface area contributed by atoms with Crippen molar-refractivity contribution in [1.29, 1.82) is 0 Å². The van der Waals surface area contributed by atoms with E-state index in [0.29, 0.717) is 31.2 Å². The molecule has 10 nitrogen and oxygen atoms in total. The van der Waals surface area contributed by atoms with E-state index in [9.17, 15) is 9.59 Å². The lowest BCUT2D eigenvalue weighted by Gasteiger charge is -2.43. The third-order valence-electron chi connectivity index (χ3n) is 4.69. The molecule has 0 bridgehead atoms. The standard InChI is InChI=1S/C19H25N5O3.CH2O2/c1-14-20-16(27-22-14)12-17(25)24-11-7-10-19(13-24,18(26)23(2)3)21-15-8-5-4-6-9-15;2-1-3/h4-6,8-9,21H,7,10-13H2,1-3H3;1H,(H,2,3). The SMILES string of the molecule is Cc1noc(CC(=O)N2CCCC(Nc3ccccc3)(C(=O)N(C)C)C2)n1.O=CO. The number of nitrogens with zero attached hydrogens (tertiary/aromatic N) is 4. The van der Waals surface area contributed by atoms with Crippen molar-refractivity contribution in [3.05, 3.63) is 42.0 Å². The molecule has 1 fully saturated rings. The van der Waals surface area contributed by atoms with E-state index >= 15 is 0 Å². The molecule has 0 radical (unpaired) electrons. The van der Waals surface area contributed by atoms with Gasteiger partial charge in [0.1, 0.15) is 12.0 Å². The van der Waals surface area contributed by atoms with Gasteiger partial charge in [-0.3, -0.25) is 14.4 Å². The van der Waals surface area contributed by atoms with Gasteiger partial charge in [0, 0.05) is 26.3 Å². The molecule has 2 aromatic rings. The van der Waals surface area contributed by atoms with Crippen LogP contribution < -0.4 is 5.32 Å². The van der Waals surface area contributed by atoms with Crippen molar-refractivity contribution in [1.82, 2.24) is 19.9 Å². The van der Waals surface area contributed by atoms with Gasteiger partial charge in [-0.05, 0) is 31.9 Å². The maximum Gasteiger partial charge on any atom is 0.290 e. The molecular weight excluding hydrogens is 390 g/mol. The van der Waals surface area contributed by atoms with E-state index in [0.717, 1.165) is 12.1 Å². The first-order valence-electron chi connectivity index (χ1n) is 9.51. The Balaban J connectivity index is 0.00000101. The number of aryl methyl sites for hydroxylation is 1.